The minimum atomic E-state index is -1.95. The summed E-state index contributed by atoms with van der Waals surface area (Å²) in [7, 11) is 1.55. The predicted octanol–water partition coefficient (Wildman–Crippen LogP) is 4.86. The molecule has 1 aliphatic carbocycles. The molecule has 0 radical (unpaired) electrons. The Labute approximate surface area is 292 Å². The molecule has 1 aromatic rings. The Hall–Kier alpha value is -4.10. The number of allylic oxidation sites excluding steroid dienone is 4. The van der Waals surface area contributed by atoms with Crippen LogP contribution in [0, 0.1) is 30.6 Å². The van der Waals surface area contributed by atoms with Crippen molar-refractivity contribution in [1.82, 2.24) is 5.32 Å². The number of Topliss-reactive ketones (excluding diaryl/α,β-unsaturated/α-hetero) is 2. The molecule has 0 aromatic heterocycles. The molecule has 0 spiro atoms. The molecular weight excluding hydrogens is 646 g/mol. The third-order valence-corrected chi connectivity index (χ3v) is 10.3. The molecule has 4 aliphatic heterocycles. The van der Waals surface area contributed by atoms with E-state index >= 15 is 0 Å². The van der Waals surface area contributed by atoms with Crippen molar-refractivity contribution in [2.24, 2.45) is 23.7 Å². The van der Waals surface area contributed by atoms with Gasteiger partial charge in [-0.2, -0.15) is 0 Å². The van der Waals surface area contributed by atoms with Crippen LogP contribution >= 0.6 is 0 Å². The molecule has 0 unspecified atom stereocenters. The zero-order valence-electron chi connectivity index (χ0n) is 30.2. The first-order valence-electron chi connectivity index (χ1n) is 16.8. The number of nitrogens with one attached hydrogen (secondary N) is 1. The fraction of sp³-hybridized carbons (Fsp3) is 0.526. The molecule has 12 nitrogen and oxygen atoms in total. The van der Waals surface area contributed by atoms with Crippen molar-refractivity contribution in [1.29, 1.82) is 0 Å². The summed E-state index contributed by atoms with van der Waals surface area (Å²) in [6.07, 6.45) is 6.66. The standard InChI is InChI=1S/C38H47NO11/c1-17-12-11-13-18(2)36(45)39-23-16-24(40)26-27(31(23)43)30(42)21(5)34-28(26)35(44)38(9,50-34)47-15-14-25(46-10)19(3)32-22(6)33(20(4)29(17)41)49-37(7,8)48-32/h11-17,19-20,22,25,29,32-33,41-42H,1-10H3,(H,39,45)/t17-,19-,20-,22+,25+,29-,32-,33+,38-/m0/s1. The van der Waals surface area contributed by atoms with Gasteiger partial charge in [0.2, 0.25) is 5.78 Å². The highest BCUT2D eigenvalue weighted by molar-refractivity contribution is 6.30. The number of phenols is 1. The van der Waals surface area contributed by atoms with Gasteiger partial charge in [0, 0.05) is 54.9 Å². The fourth-order valence-corrected chi connectivity index (χ4v) is 7.31. The van der Waals surface area contributed by atoms with Crippen LogP contribution in [0.15, 0.2) is 47.9 Å². The van der Waals surface area contributed by atoms with Gasteiger partial charge in [-0.15, -0.1) is 0 Å². The van der Waals surface area contributed by atoms with E-state index in [2.05, 4.69) is 5.32 Å². The maximum absolute atomic E-state index is 13.9. The Bertz CT molecular complexity index is 1740. The zero-order valence-corrected chi connectivity index (χ0v) is 30.2. The number of fused-ring (bicyclic) bond motifs is 10. The van der Waals surface area contributed by atoms with Gasteiger partial charge in [0.25, 0.3) is 11.7 Å². The average Bonchev–Trinajstić information content (AvgIpc) is 3.32. The van der Waals surface area contributed by atoms with E-state index in [1.165, 1.54) is 33.1 Å². The molecule has 1 fully saturated rings. The Kier molecular flexibility index (Phi) is 10.1. The van der Waals surface area contributed by atoms with Crippen LogP contribution in [0.4, 0.5) is 0 Å². The van der Waals surface area contributed by atoms with Gasteiger partial charge < -0.3 is 39.2 Å². The van der Waals surface area contributed by atoms with E-state index in [0.29, 0.717) is 0 Å². The first kappa shape index (κ1) is 37.2. The highest BCUT2D eigenvalue weighted by Gasteiger charge is 2.52. The smallest absolute Gasteiger partial charge is 0.312 e. The van der Waals surface area contributed by atoms with E-state index in [4.69, 9.17) is 23.7 Å². The van der Waals surface area contributed by atoms with E-state index < -0.39 is 58.4 Å². The van der Waals surface area contributed by atoms with Crippen LogP contribution in [-0.4, -0.2) is 76.6 Å². The van der Waals surface area contributed by atoms with E-state index in [-0.39, 0.29) is 69.6 Å². The average molecular weight is 694 g/mol. The molecular formula is C38H47NO11. The fourth-order valence-electron chi connectivity index (χ4n) is 7.31. The number of aliphatic hydroxyl groups excluding tert-OH is 1. The lowest BCUT2D eigenvalue weighted by molar-refractivity contribution is -0.341. The maximum Gasteiger partial charge on any atom is 0.312 e. The number of carbonyl (C=O) groups is 4. The lowest BCUT2D eigenvalue weighted by Gasteiger charge is -2.50. The zero-order chi connectivity index (χ0) is 37.0. The van der Waals surface area contributed by atoms with Crippen LogP contribution in [0.2, 0.25) is 0 Å². The third kappa shape index (κ3) is 6.45. The van der Waals surface area contributed by atoms with Crippen molar-refractivity contribution in [2.45, 2.75) is 98.3 Å². The van der Waals surface area contributed by atoms with Crippen molar-refractivity contribution in [3.63, 3.8) is 0 Å². The highest BCUT2D eigenvalue weighted by Crippen LogP contribution is 2.48. The summed E-state index contributed by atoms with van der Waals surface area (Å²) >= 11 is 0. The molecule has 7 bridgehead atoms. The Morgan fingerprint density at radius 1 is 0.880 bits per heavy atom. The second-order valence-corrected chi connectivity index (χ2v) is 14.4. The SMILES string of the molecule is CO[C@@H]1C=CO[C@@]2(C)Oc3c(C)c(O)c4c(c3C2=O)C(=O)C=C(NC(=O)C(C)=CC=C[C@H](C)[C@H](O)[C@H](C)[C@H]2OC(C)(C)O[C@H]([C@H]2C)[C@H]1C)C4=O. The molecule has 3 N–H and O–H groups in total. The molecule has 1 saturated heterocycles. The lowest BCUT2D eigenvalue weighted by atomic mass is 9.77. The van der Waals surface area contributed by atoms with E-state index in [0.717, 1.165) is 6.08 Å². The quantitative estimate of drug-likeness (QED) is 0.368. The number of rotatable bonds is 1. The number of aliphatic hydroxyl groups is 1. The monoisotopic (exact) mass is 693 g/mol. The molecule has 6 rings (SSSR count). The van der Waals surface area contributed by atoms with Crippen molar-refractivity contribution >= 4 is 23.3 Å². The summed E-state index contributed by atoms with van der Waals surface area (Å²) < 4.78 is 30.6. The van der Waals surface area contributed by atoms with Gasteiger partial charge in [-0.05, 0) is 33.8 Å². The number of benzene rings is 1. The topological polar surface area (TPSA) is 167 Å². The van der Waals surface area contributed by atoms with Crippen molar-refractivity contribution in [3.8, 4) is 11.5 Å². The Morgan fingerprint density at radius 3 is 2.16 bits per heavy atom. The number of amides is 1. The summed E-state index contributed by atoms with van der Waals surface area (Å²) in [6, 6.07) is 0. The number of ketones is 3. The summed E-state index contributed by atoms with van der Waals surface area (Å²) in [5.74, 6) is -7.64. The van der Waals surface area contributed by atoms with E-state index in [9.17, 15) is 29.4 Å². The molecule has 12 heteroatoms. The number of carbonyl (C=O) groups excluding carboxylic acids is 4. The predicted molar refractivity (Wildman–Crippen MR) is 182 cm³/mol. The number of hydrogen-bond acceptors (Lipinski definition) is 11. The van der Waals surface area contributed by atoms with Crippen LogP contribution < -0.4 is 10.1 Å². The third-order valence-electron chi connectivity index (χ3n) is 10.3. The largest absolute Gasteiger partial charge is 0.507 e. The molecule has 0 saturated carbocycles. The van der Waals surface area contributed by atoms with Gasteiger partial charge in [0.1, 0.15) is 11.5 Å². The van der Waals surface area contributed by atoms with Crippen LogP contribution in [0.25, 0.3) is 0 Å². The van der Waals surface area contributed by atoms with E-state index in [1.54, 1.807) is 25.3 Å². The van der Waals surface area contributed by atoms with Crippen LogP contribution in [-0.2, 0) is 23.7 Å². The summed E-state index contributed by atoms with van der Waals surface area (Å²) in [4.78, 5) is 54.2. The normalized spacial score (nSPS) is 34.5. The highest BCUT2D eigenvalue weighted by atomic mass is 16.7. The number of methoxy groups -OCH3 is 1. The summed E-state index contributed by atoms with van der Waals surface area (Å²) in [5, 5.41) is 25.0. The van der Waals surface area contributed by atoms with Crippen LogP contribution in [0.3, 0.4) is 0 Å². The van der Waals surface area contributed by atoms with Crippen molar-refractivity contribution in [3.05, 3.63) is 70.2 Å². The number of ether oxygens (including phenoxy) is 5. The second kappa shape index (κ2) is 13.6. The molecule has 4 heterocycles. The molecule has 270 valence electrons. The van der Waals surface area contributed by atoms with E-state index in [1.807, 2.05) is 41.5 Å². The number of hydrogen-bond donors (Lipinski definition) is 3. The Balaban J connectivity index is 1.59. The van der Waals surface area contributed by atoms with Crippen molar-refractivity contribution in [2.75, 3.05) is 7.11 Å². The van der Waals surface area contributed by atoms with Crippen LogP contribution in [0.5, 0.6) is 11.5 Å². The van der Waals surface area contributed by atoms with Gasteiger partial charge in [-0.25, -0.2) is 0 Å². The molecule has 5 aliphatic rings. The molecule has 9 atom stereocenters. The molecule has 50 heavy (non-hydrogen) atoms. The first-order chi connectivity index (χ1) is 23.3. The minimum Gasteiger partial charge on any atom is -0.507 e. The maximum atomic E-state index is 13.9. The number of phenolic OH excluding ortho intramolecular Hbond substituents is 1. The lowest BCUT2D eigenvalue weighted by Crippen LogP contribution is -2.57. The minimum absolute atomic E-state index is 0.0561. The van der Waals surface area contributed by atoms with Gasteiger partial charge in [-0.3, -0.25) is 19.2 Å². The number of aromatic hydroxyl groups is 1. The first-order valence-corrected chi connectivity index (χ1v) is 16.8. The van der Waals surface area contributed by atoms with Crippen molar-refractivity contribution < 1.29 is 53.1 Å². The van der Waals surface area contributed by atoms with Gasteiger partial charge in [-0.1, -0.05) is 45.9 Å². The molecule has 1 aromatic carbocycles. The molecule has 1 amide bonds. The van der Waals surface area contributed by atoms with Gasteiger partial charge in [0.05, 0.1) is 53.1 Å². The Morgan fingerprint density at radius 2 is 1.52 bits per heavy atom. The summed E-state index contributed by atoms with van der Waals surface area (Å²) in [6.45, 7) is 15.8. The van der Waals surface area contributed by atoms with Gasteiger partial charge >= 0.3 is 5.79 Å². The summed E-state index contributed by atoms with van der Waals surface area (Å²) in [5.41, 5.74) is -1.02. The second-order valence-electron chi connectivity index (χ2n) is 14.4. The van der Waals surface area contributed by atoms with Crippen LogP contribution in [0.1, 0.15) is 92.0 Å². The van der Waals surface area contributed by atoms with Gasteiger partial charge in [0.15, 0.2) is 11.6 Å².